The first kappa shape index (κ1) is 10.7. The minimum absolute atomic E-state index is 0.175. The maximum atomic E-state index is 8.62. The molecule has 0 amide bonds. The van der Waals surface area contributed by atoms with Gasteiger partial charge in [0.15, 0.2) is 0 Å². The standard InChI is InChI=1S/C9H15N3O2/c1-7-8(10-4-3-5-13)11-6-12-9(7)14-2/h6,13H,3-5H2,1-2H3,(H,10,11,12). The molecule has 0 saturated carbocycles. The summed E-state index contributed by atoms with van der Waals surface area (Å²) in [6, 6.07) is 0. The quantitative estimate of drug-likeness (QED) is 0.676. The molecule has 1 aromatic rings. The summed E-state index contributed by atoms with van der Waals surface area (Å²) in [7, 11) is 1.58. The van der Waals surface area contributed by atoms with Crippen LogP contribution in [0, 0.1) is 6.92 Å². The molecule has 0 aliphatic heterocycles. The Balaban J connectivity index is 2.66. The number of nitrogens with one attached hydrogen (secondary N) is 1. The predicted molar refractivity (Wildman–Crippen MR) is 53.5 cm³/mol. The molecule has 0 saturated heterocycles. The number of ether oxygens (including phenoxy) is 1. The number of hydrogen-bond donors (Lipinski definition) is 2. The van der Waals surface area contributed by atoms with Crippen LogP contribution in [0.2, 0.25) is 0 Å². The van der Waals surface area contributed by atoms with Gasteiger partial charge in [-0.1, -0.05) is 0 Å². The van der Waals surface area contributed by atoms with E-state index in [-0.39, 0.29) is 6.61 Å². The normalized spacial score (nSPS) is 9.93. The molecule has 0 bridgehead atoms. The van der Waals surface area contributed by atoms with Crippen LogP contribution in [0.15, 0.2) is 6.33 Å². The fourth-order valence-corrected chi connectivity index (χ4v) is 1.10. The highest BCUT2D eigenvalue weighted by Gasteiger charge is 2.05. The maximum Gasteiger partial charge on any atom is 0.221 e. The molecule has 78 valence electrons. The van der Waals surface area contributed by atoms with Gasteiger partial charge in [-0.05, 0) is 13.3 Å². The molecule has 0 fully saturated rings. The van der Waals surface area contributed by atoms with Gasteiger partial charge in [-0.2, -0.15) is 0 Å². The number of anilines is 1. The number of rotatable bonds is 5. The Morgan fingerprint density at radius 2 is 2.29 bits per heavy atom. The minimum atomic E-state index is 0.175. The molecule has 0 aromatic carbocycles. The zero-order valence-corrected chi connectivity index (χ0v) is 8.45. The molecule has 2 N–H and O–H groups in total. The summed E-state index contributed by atoms with van der Waals surface area (Å²) >= 11 is 0. The monoisotopic (exact) mass is 197 g/mol. The van der Waals surface area contributed by atoms with E-state index in [1.807, 2.05) is 6.92 Å². The van der Waals surface area contributed by atoms with E-state index in [1.165, 1.54) is 6.33 Å². The molecule has 0 spiro atoms. The lowest BCUT2D eigenvalue weighted by Gasteiger charge is -2.09. The molecule has 0 atom stereocenters. The molecule has 0 aliphatic rings. The van der Waals surface area contributed by atoms with Crippen molar-refractivity contribution in [2.45, 2.75) is 13.3 Å². The van der Waals surface area contributed by atoms with Gasteiger partial charge in [0.05, 0.1) is 12.7 Å². The van der Waals surface area contributed by atoms with Crippen LogP contribution in [-0.4, -0.2) is 35.3 Å². The zero-order chi connectivity index (χ0) is 10.4. The Morgan fingerprint density at radius 1 is 1.50 bits per heavy atom. The highest BCUT2D eigenvalue weighted by atomic mass is 16.5. The van der Waals surface area contributed by atoms with Gasteiger partial charge >= 0.3 is 0 Å². The van der Waals surface area contributed by atoms with Crippen LogP contribution < -0.4 is 10.1 Å². The lowest BCUT2D eigenvalue weighted by molar-refractivity contribution is 0.292. The van der Waals surface area contributed by atoms with E-state index >= 15 is 0 Å². The maximum absolute atomic E-state index is 8.62. The van der Waals surface area contributed by atoms with E-state index in [2.05, 4.69) is 15.3 Å². The number of aliphatic hydroxyl groups excluding tert-OH is 1. The molecule has 1 rings (SSSR count). The van der Waals surface area contributed by atoms with Gasteiger partial charge < -0.3 is 15.2 Å². The largest absolute Gasteiger partial charge is 0.481 e. The van der Waals surface area contributed by atoms with Gasteiger partial charge in [-0.3, -0.25) is 0 Å². The zero-order valence-electron chi connectivity index (χ0n) is 8.45. The second-order valence-corrected chi connectivity index (χ2v) is 2.86. The van der Waals surface area contributed by atoms with Crippen LogP contribution in [-0.2, 0) is 0 Å². The van der Waals surface area contributed by atoms with E-state index in [9.17, 15) is 0 Å². The Morgan fingerprint density at radius 3 is 2.93 bits per heavy atom. The number of methoxy groups -OCH3 is 1. The lowest BCUT2D eigenvalue weighted by atomic mass is 10.3. The third-order valence-corrected chi connectivity index (χ3v) is 1.86. The van der Waals surface area contributed by atoms with Gasteiger partial charge in [0.1, 0.15) is 12.1 Å². The summed E-state index contributed by atoms with van der Waals surface area (Å²) in [5.74, 6) is 1.33. The number of nitrogens with zero attached hydrogens (tertiary/aromatic N) is 2. The predicted octanol–water partition coefficient (Wildman–Crippen LogP) is 0.588. The van der Waals surface area contributed by atoms with Gasteiger partial charge in [0.2, 0.25) is 5.88 Å². The van der Waals surface area contributed by atoms with Crippen LogP contribution >= 0.6 is 0 Å². The second kappa shape index (κ2) is 5.39. The van der Waals surface area contributed by atoms with E-state index < -0.39 is 0 Å². The van der Waals surface area contributed by atoms with Crippen molar-refractivity contribution >= 4 is 5.82 Å². The number of aliphatic hydroxyl groups is 1. The molecule has 0 aliphatic carbocycles. The van der Waals surface area contributed by atoms with Gasteiger partial charge in [-0.25, -0.2) is 9.97 Å². The van der Waals surface area contributed by atoms with Crippen molar-refractivity contribution < 1.29 is 9.84 Å². The average Bonchev–Trinajstić information content (AvgIpc) is 2.21. The van der Waals surface area contributed by atoms with Crippen molar-refractivity contribution in [3.05, 3.63) is 11.9 Å². The summed E-state index contributed by atoms with van der Waals surface area (Å²) in [5.41, 5.74) is 0.882. The summed E-state index contributed by atoms with van der Waals surface area (Å²) in [6.07, 6.45) is 2.15. The molecular weight excluding hydrogens is 182 g/mol. The molecule has 1 heterocycles. The molecular formula is C9H15N3O2. The molecule has 5 nitrogen and oxygen atoms in total. The van der Waals surface area contributed by atoms with Crippen LogP contribution in [0.5, 0.6) is 5.88 Å². The third-order valence-electron chi connectivity index (χ3n) is 1.86. The van der Waals surface area contributed by atoms with E-state index in [0.29, 0.717) is 18.8 Å². The van der Waals surface area contributed by atoms with Crippen molar-refractivity contribution in [3.63, 3.8) is 0 Å². The van der Waals surface area contributed by atoms with Crippen LogP contribution in [0.1, 0.15) is 12.0 Å². The smallest absolute Gasteiger partial charge is 0.221 e. The summed E-state index contributed by atoms with van der Waals surface area (Å²) in [6.45, 7) is 2.76. The van der Waals surface area contributed by atoms with E-state index in [4.69, 9.17) is 9.84 Å². The van der Waals surface area contributed by atoms with Crippen LogP contribution in [0.3, 0.4) is 0 Å². The molecule has 0 unspecified atom stereocenters. The Hall–Kier alpha value is -1.36. The number of aromatic nitrogens is 2. The van der Waals surface area contributed by atoms with Gasteiger partial charge in [0.25, 0.3) is 0 Å². The summed E-state index contributed by atoms with van der Waals surface area (Å²) in [5, 5.41) is 11.7. The van der Waals surface area contributed by atoms with Crippen molar-refractivity contribution in [1.82, 2.24) is 9.97 Å². The van der Waals surface area contributed by atoms with Crippen molar-refractivity contribution in [2.24, 2.45) is 0 Å². The van der Waals surface area contributed by atoms with Crippen molar-refractivity contribution in [1.29, 1.82) is 0 Å². The Bertz CT molecular complexity index is 291. The highest BCUT2D eigenvalue weighted by Crippen LogP contribution is 2.19. The first-order chi connectivity index (χ1) is 6.79. The van der Waals surface area contributed by atoms with Gasteiger partial charge in [-0.15, -0.1) is 0 Å². The molecule has 14 heavy (non-hydrogen) atoms. The fraction of sp³-hybridized carbons (Fsp3) is 0.556. The highest BCUT2D eigenvalue weighted by molar-refractivity contribution is 5.47. The van der Waals surface area contributed by atoms with E-state index in [1.54, 1.807) is 7.11 Å². The van der Waals surface area contributed by atoms with Gasteiger partial charge in [0, 0.05) is 13.2 Å². The SMILES string of the molecule is COc1ncnc(NCCCO)c1C. The van der Waals surface area contributed by atoms with E-state index in [0.717, 1.165) is 11.4 Å². The van der Waals surface area contributed by atoms with Crippen LogP contribution in [0.25, 0.3) is 0 Å². The lowest BCUT2D eigenvalue weighted by Crippen LogP contribution is -2.07. The molecule has 5 heteroatoms. The molecule has 0 radical (unpaired) electrons. The third kappa shape index (κ3) is 2.56. The minimum Gasteiger partial charge on any atom is -0.481 e. The van der Waals surface area contributed by atoms with Crippen molar-refractivity contribution in [2.75, 3.05) is 25.6 Å². The Kier molecular flexibility index (Phi) is 4.12. The first-order valence-corrected chi connectivity index (χ1v) is 4.50. The summed E-state index contributed by atoms with van der Waals surface area (Å²) < 4.78 is 5.05. The first-order valence-electron chi connectivity index (χ1n) is 4.50. The fourth-order valence-electron chi connectivity index (χ4n) is 1.10. The molecule has 1 aromatic heterocycles. The van der Waals surface area contributed by atoms with Crippen molar-refractivity contribution in [3.8, 4) is 5.88 Å². The Labute approximate surface area is 83.2 Å². The topological polar surface area (TPSA) is 67.3 Å². The van der Waals surface area contributed by atoms with Crippen LogP contribution in [0.4, 0.5) is 5.82 Å². The number of hydrogen-bond acceptors (Lipinski definition) is 5. The average molecular weight is 197 g/mol. The summed E-state index contributed by atoms with van der Waals surface area (Å²) in [4.78, 5) is 8.04. The second-order valence-electron chi connectivity index (χ2n) is 2.86.